The number of nitrogens with zero attached hydrogens (tertiary/aromatic N) is 2. The van der Waals surface area contributed by atoms with Crippen molar-refractivity contribution in [1.29, 1.82) is 0 Å². The van der Waals surface area contributed by atoms with Crippen LogP contribution in [0.3, 0.4) is 0 Å². The van der Waals surface area contributed by atoms with Crippen LogP contribution in [-0.4, -0.2) is 16.3 Å². The molecule has 2 heterocycles. The zero-order chi connectivity index (χ0) is 16.0. The van der Waals surface area contributed by atoms with Gasteiger partial charge in [-0.2, -0.15) is 5.10 Å². The van der Waals surface area contributed by atoms with Gasteiger partial charge in [0.1, 0.15) is 17.3 Å². The summed E-state index contributed by atoms with van der Waals surface area (Å²) in [7, 11) is 0. The number of nitrogens with one attached hydrogen (secondary N) is 1. The van der Waals surface area contributed by atoms with Crippen LogP contribution in [0.4, 0.5) is 10.2 Å². The number of fused-ring (bicyclic) bond motifs is 1. The highest BCUT2D eigenvalue weighted by molar-refractivity contribution is 6.34. The molecule has 0 aliphatic carbocycles. The Morgan fingerprint density at radius 2 is 1.96 bits per heavy atom. The number of rotatable bonds is 2. The van der Waals surface area contributed by atoms with E-state index < -0.39 is 0 Å². The Labute approximate surface area is 142 Å². The summed E-state index contributed by atoms with van der Waals surface area (Å²) in [5.74, 6) is 0.552. The normalized spacial score (nSPS) is 13.0. The van der Waals surface area contributed by atoms with Gasteiger partial charge in [0.15, 0.2) is 0 Å². The molecule has 3 aromatic rings. The highest BCUT2D eigenvalue weighted by Crippen LogP contribution is 2.37. The van der Waals surface area contributed by atoms with Crippen LogP contribution in [0, 0.1) is 5.82 Å². The highest BCUT2D eigenvalue weighted by atomic mass is 35.5. The predicted molar refractivity (Wildman–Crippen MR) is 91.2 cm³/mol. The van der Waals surface area contributed by atoms with Gasteiger partial charge in [-0.3, -0.25) is 0 Å². The third kappa shape index (κ3) is 2.38. The molecule has 0 amide bonds. The smallest absolute Gasteiger partial charge is 0.133 e. The zero-order valence-corrected chi connectivity index (χ0v) is 13.5. The van der Waals surface area contributed by atoms with Gasteiger partial charge in [0.25, 0.3) is 0 Å². The molecule has 1 aliphatic rings. The number of hydrogen-bond donors (Lipinski definition) is 1. The van der Waals surface area contributed by atoms with E-state index in [2.05, 4.69) is 10.4 Å². The van der Waals surface area contributed by atoms with Gasteiger partial charge in [-0.15, -0.1) is 0 Å². The van der Waals surface area contributed by atoms with Crippen LogP contribution in [0.15, 0.2) is 42.5 Å². The highest BCUT2D eigenvalue weighted by Gasteiger charge is 2.26. The minimum absolute atomic E-state index is 0.288. The average molecular weight is 348 g/mol. The van der Waals surface area contributed by atoms with Crippen LogP contribution in [0.2, 0.25) is 10.0 Å². The second kappa shape index (κ2) is 5.55. The van der Waals surface area contributed by atoms with Gasteiger partial charge in [-0.25, -0.2) is 9.07 Å². The lowest BCUT2D eigenvalue weighted by molar-refractivity contribution is 0.630. The lowest BCUT2D eigenvalue weighted by Crippen LogP contribution is -2.05. The van der Waals surface area contributed by atoms with E-state index in [1.807, 2.05) is 0 Å². The van der Waals surface area contributed by atoms with E-state index in [1.54, 1.807) is 41.1 Å². The Morgan fingerprint density at radius 1 is 1.13 bits per heavy atom. The first kappa shape index (κ1) is 14.5. The number of aromatic nitrogens is 2. The van der Waals surface area contributed by atoms with Gasteiger partial charge in [-0.05, 0) is 36.8 Å². The van der Waals surface area contributed by atoms with Gasteiger partial charge in [0.2, 0.25) is 0 Å². The molecule has 0 bridgehead atoms. The first-order chi connectivity index (χ1) is 11.1. The molecule has 0 spiro atoms. The maximum absolute atomic E-state index is 14.2. The van der Waals surface area contributed by atoms with E-state index in [4.69, 9.17) is 23.2 Å². The first-order valence-corrected chi connectivity index (χ1v) is 7.97. The summed E-state index contributed by atoms with van der Waals surface area (Å²) in [6.07, 6.45) is 0.789. The fourth-order valence-corrected chi connectivity index (χ4v) is 3.23. The molecule has 0 atom stereocenters. The summed E-state index contributed by atoms with van der Waals surface area (Å²) in [5, 5.41) is 9.01. The number of anilines is 1. The fourth-order valence-electron chi connectivity index (χ4n) is 2.87. The average Bonchev–Trinajstić information content (AvgIpc) is 3.13. The molecule has 0 saturated heterocycles. The Bertz CT molecular complexity index is 905. The van der Waals surface area contributed by atoms with Crippen LogP contribution in [0.5, 0.6) is 0 Å². The maximum atomic E-state index is 14.2. The topological polar surface area (TPSA) is 29.9 Å². The van der Waals surface area contributed by atoms with Crippen LogP contribution in [0.1, 0.15) is 5.56 Å². The zero-order valence-electron chi connectivity index (χ0n) is 12.0. The van der Waals surface area contributed by atoms with Crippen molar-refractivity contribution in [3.05, 3.63) is 63.9 Å². The molecule has 1 aliphatic heterocycles. The first-order valence-electron chi connectivity index (χ1n) is 7.21. The molecule has 0 fully saturated rings. The predicted octanol–water partition coefficient (Wildman–Crippen LogP) is 4.95. The van der Waals surface area contributed by atoms with Gasteiger partial charge < -0.3 is 5.32 Å². The Kier molecular flexibility index (Phi) is 3.51. The van der Waals surface area contributed by atoms with Crippen molar-refractivity contribution in [2.45, 2.75) is 6.42 Å². The maximum Gasteiger partial charge on any atom is 0.133 e. The van der Waals surface area contributed by atoms with Gasteiger partial charge >= 0.3 is 0 Å². The Morgan fingerprint density at radius 3 is 2.78 bits per heavy atom. The SMILES string of the molecule is Fc1ccccc1-c1nn(-c2cc(Cl)ccc2Cl)c2c1CCN2. The van der Waals surface area contributed by atoms with Crippen molar-refractivity contribution in [2.75, 3.05) is 11.9 Å². The molecular formula is C17H12Cl2FN3. The largest absolute Gasteiger partial charge is 0.369 e. The van der Waals surface area contributed by atoms with Gasteiger partial charge in [0.05, 0.1) is 10.7 Å². The molecule has 1 N–H and O–H groups in total. The van der Waals surface area contributed by atoms with E-state index in [9.17, 15) is 4.39 Å². The Hall–Kier alpha value is -2.04. The lowest BCUT2D eigenvalue weighted by Gasteiger charge is -2.09. The summed E-state index contributed by atoms with van der Waals surface area (Å²) < 4.78 is 15.9. The molecule has 3 nitrogen and oxygen atoms in total. The van der Waals surface area contributed by atoms with Gasteiger partial charge in [-0.1, -0.05) is 35.3 Å². The summed E-state index contributed by atoms with van der Waals surface area (Å²) in [4.78, 5) is 0. The number of halogens is 3. The summed E-state index contributed by atoms with van der Waals surface area (Å²) in [5.41, 5.74) is 2.79. The van der Waals surface area contributed by atoms with Crippen molar-refractivity contribution in [3.63, 3.8) is 0 Å². The van der Waals surface area contributed by atoms with Crippen molar-refractivity contribution in [3.8, 4) is 16.9 Å². The molecule has 4 rings (SSSR count). The van der Waals surface area contributed by atoms with Crippen molar-refractivity contribution in [1.82, 2.24) is 9.78 Å². The quantitative estimate of drug-likeness (QED) is 0.710. The van der Waals surface area contributed by atoms with E-state index in [1.165, 1.54) is 6.07 Å². The number of benzene rings is 2. The number of hydrogen-bond acceptors (Lipinski definition) is 2. The second-order valence-corrected chi connectivity index (χ2v) is 6.18. The summed E-state index contributed by atoms with van der Waals surface area (Å²) >= 11 is 12.4. The molecule has 1 aromatic heterocycles. The second-order valence-electron chi connectivity index (χ2n) is 5.34. The van der Waals surface area contributed by atoms with E-state index in [0.29, 0.717) is 27.0 Å². The lowest BCUT2D eigenvalue weighted by atomic mass is 10.1. The standard InChI is InChI=1S/C17H12Cl2FN3/c18-10-5-6-13(19)15(9-10)23-17-12(7-8-21-17)16(22-23)11-3-1-2-4-14(11)20/h1-6,9,21H,7-8H2. The Balaban J connectivity index is 1.96. The molecule has 116 valence electrons. The van der Waals surface area contributed by atoms with E-state index in [0.717, 1.165) is 24.3 Å². The van der Waals surface area contributed by atoms with Crippen molar-refractivity contribution < 1.29 is 4.39 Å². The molecular weight excluding hydrogens is 336 g/mol. The minimum Gasteiger partial charge on any atom is -0.369 e. The molecule has 0 saturated carbocycles. The summed E-state index contributed by atoms with van der Waals surface area (Å²) in [6, 6.07) is 11.9. The van der Waals surface area contributed by atoms with E-state index >= 15 is 0 Å². The fraction of sp³-hybridized carbons (Fsp3) is 0.118. The van der Waals surface area contributed by atoms with Crippen molar-refractivity contribution >= 4 is 29.0 Å². The molecule has 6 heteroatoms. The third-order valence-electron chi connectivity index (χ3n) is 3.92. The van der Waals surface area contributed by atoms with Gasteiger partial charge in [0, 0.05) is 22.7 Å². The van der Waals surface area contributed by atoms with Crippen molar-refractivity contribution in [2.24, 2.45) is 0 Å². The third-order valence-corrected chi connectivity index (χ3v) is 4.47. The molecule has 2 aromatic carbocycles. The van der Waals surface area contributed by atoms with E-state index in [-0.39, 0.29) is 5.82 Å². The molecule has 23 heavy (non-hydrogen) atoms. The monoisotopic (exact) mass is 347 g/mol. The molecule has 0 unspecified atom stereocenters. The molecule has 0 radical (unpaired) electrons. The van der Waals surface area contributed by atoms with Crippen LogP contribution >= 0.6 is 23.2 Å². The van der Waals surface area contributed by atoms with Crippen LogP contribution < -0.4 is 5.32 Å². The summed E-state index contributed by atoms with van der Waals surface area (Å²) in [6.45, 7) is 0.785. The minimum atomic E-state index is -0.288. The van der Waals surface area contributed by atoms with Crippen LogP contribution in [0.25, 0.3) is 16.9 Å². The van der Waals surface area contributed by atoms with Crippen LogP contribution in [-0.2, 0) is 6.42 Å².